The summed E-state index contributed by atoms with van der Waals surface area (Å²) in [5.74, 6) is 1.53. The minimum Gasteiger partial charge on any atom is -0.393 e. The lowest BCUT2D eigenvalue weighted by Gasteiger charge is -2.26. The van der Waals surface area contributed by atoms with Crippen molar-refractivity contribution in [2.45, 2.75) is 51.6 Å². The van der Waals surface area contributed by atoms with Gasteiger partial charge >= 0.3 is 0 Å². The van der Waals surface area contributed by atoms with Gasteiger partial charge in [-0.3, -0.25) is 0 Å². The Kier molecular flexibility index (Phi) is 4.34. The molecule has 1 N–H and O–H groups in total. The van der Waals surface area contributed by atoms with Gasteiger partial charge in [0.15, 0.2) is 0 Å². The highest BCUT2D eigenvalue weighted by Crippen LogP contribution is 2.27. The Morgan fingerprint density at radius 1 is 1.19 bits per heavy atom. The van der Waals surface area contributed by atoms with Gasteiger partial charge in [-0.2, -0.15) is 4.98 Å². The summed E-state index contributed by atoms with van der Waals surface area (Å²) in [5.41, 5.74) is 2.28. The monoisotopic (exact) mass is 286 g/mol. The molecule has 1 aromatic carbocycles. The summed E-state index contributed by atoms with van der Waals surface area (Å²) in [6, 6.07) is 8.25. The standard InChI is InChI=1S/C17H22N2O2/c1-2-12-7-9-13(10-8-12)17-18-16(21-19-17)11-14-5-3-4-6-15(14)20/h7-10,14-15,20H,2-6,11H2,1H3. The minimum absolute atomic E-state index is 0.224. The van der Waals surface area contributed by atoms with Crippen molar-refractivity contribution in [2.75, 3.05) is 0 Å². The molecular formula is C17H22N2O2. The van der Waals surface area contributed by atoms with Crippen molar-refractivity contribution >= 4 is 0 Å². The van der Waals surface area contributed by atoms with E-state index in [0.29, 0.717) is 18.1 Å². The first-order valence-corrected chi connectivity index (χ1v) is 7.86. The van der Waals surface area contributed by atoms with E-state index in [-0.39, 0.29) is 12.0 Å². The van der Waals surface area contributed by atoms with Crippen molar-refractivity contribution in [3.05, 3.63) is 35.7 Å². The van der Waals surface area contributed by atoms with Gasteiger partial charge in [-0.05, 0) is 30.7 Å². The van der Waals surface area contributed by atoms with Crippen LogP contribution in [0.15, 0.2) is 28.8 Å². The molecule has 0 bridgehead atoms. The number of rotatable bonds is 4. The molecular weight excluding hydrogens is 264 g/mol. The number of aromatic nitrogens is 2. The van der Waals surface area contributed by atoms with Crippen LogP contribution in [-0.2, 0) is 12.8 Å². The second-order valence-electron chi connectivity index (χ2n) is 5.88. The summed E-state index contributed by atoms with van der Waals surface area (Å²) in [6.45, 7) is 2.14. The lowest BCUT2D eigenvalue weighted by atomic mass is 9.84. The molecule has 3 rings (SSSR count). The Morgan fingerprint density at radius 3 is 2.67 bits per heavy atom. The fourth-order valence-corrected chi connectivity index (χ4v) is 3.00. The van der Waals surface area contributed by atoms with Gasteiger partial charge in [0.25, 0.3) is 0 Å². The lowest BCUT2D eigenvalue weighted by Crippen LogP contribution is -2.26. The smallest absolute Gasteiger partial charge is 0.227 e. The van der Waals surface area contributed by atoms with E-state index in [9.17, 15) is 5.11 Å². The fourth-order valence-electron chi connectivity index (χ4n) is 3.00. The maximum Gasteiger partial charge on any atom is 0.227 e. The number of aryl methyl sites for hydroxylation is 1. The molecule has 2 aromatic rings. The van der Waals surface area contributed by atoms with E-state index >= 15 is 0 Å². The van der Waals surface area contributed by atoms with E-state index in [4.69, 9.17) is 4.52 Å². The van der Waals surface area contributed by atoms with Crippen LogP contribution in [0.1, 0.15) is 44.1 Å². The molecule has 0 amide bonds. The molecule has 1 heterocycles. The van der Waals surface area contributed by atoms with Crippen LogP contribution in [0.25, 0.3) is 11.4 Å². The molecule has 0 saturated heterocycles. The van der Waals surface area contributed by atoms with Crippen molar-refractivity contribution in [3.63, 3.8) is 0 Å². The van der Waals surface area contributed by atoms with Crippen LogP contribution in [0.5, 0.6) is 0 Å². The molecule has 0 spiro atoms. The Labute approximate surface area is 125 Å². The average Bonchev–Trinajstić information content (AvgIpc) is 2.98. The average molecular weight is 286 g/mol. The van der Waals surface area contributed by atoms with Gasteiger partial charge < -0.3 is 9.63 Å². The fraction of sp³-hybridized carbons (Fsp3) is 0.529. The van der Waals surface area contributed by atoms with Crippen molar-refractivity contribution in [1.82, 2.24) is 10.1 Å². The summed E-state index contributed by atoms with van der Waals surface area (Å²) >= 11 is 0. The summed E-state index contributed by atoms with van der Waals surface area (Å²) in [6.07, 6.45) is 5.72. The van der Waals surface area contributed by atoms with Crippen LogP contribution in [0.2, 0.25) is 0 Å². The normalized spacial score (nSPS) is 22.4. The molecule has 2 atom stereocenters. The van der Waals surface area contributed by atoms with Crippen LogP contribution in [0.3, 0.4) is 0 Å². The van der Waals surface area contributed by atoms with Gasteiger partial charge in [-0.25, -0.2) is 0 Å². The molecule has 0 aliphatic heterocycles. The summed E-state index contributed by atoms with van der Waals surface area (Å²) in [7, 11) is 0. The van der Waals surface area contributed by atoms with E-state index in [1.54, 1.807) is 0 Å². The van der Waals surface area contributed by atoms with Gasteiger partial charge in [0.05, 0.1) is 6.10 Å². The Morgan fingerprint density at radius 2 is 1.95 bits per heavy atom. The topological polar surface area (TPSA) is 59.2 Å². The third kappa shape index (κ3) is 3.32. The number of aliphatic hydroxyl groups excluding tert-OH is 1. The first kappa shape index (κ1) is 14.3. The Bertz CT molecular complexity index is 577. The van der Waals surface area contributed by atoms with E-state index in [2.05, 4.69) is 29.2 Å². The quantitative estimate of drug-likeness (QED) is 0.936. The molecule has 112 valence electrons. The first-order valence-electron chi connectivity index (χ1n) is 7.86. The van der Waals surface area contributed by atoms with Crippen LogP contribution in [0.4, 0.5) is 0 Å². The van der Waals surface area contributed by atoms with Crippen molar-refractivity contribution in [2.24, 2.45) is 5.92 Å². The van der Waals surface area contributed by atoms with Crippen LogP contribution >= 0.6 is 0 Å². The van der Waals surface area contributed by atoms with E-state index < -0.39 is 0 Å². The SMILES string of the molecule is CCc1ccc(-c2noc(CC3CCCCC3O)n2)cc1. The molecule has 1 saturated carbocycles. The number of hydrogen-bond donors (Lipinski definition) is 1. The van der Waals surface area contributed by atoms with Crippen LogP contribution in [0, 0.1) is 5.92 Å². The predicted octanol–water partition coefficient (Wildman–Crippen LogP) is 3.39. The third-order valence-corrected chi connectivity index (χ3v) is 4.39. The molecule has 1 aromatic heterocycles. The summed E-state index contributed by atoms with van der Waals surface area (Å²) < 4.78 is 5.35. The molecule has 1 aliphatic carbocycles. The zero-order chi connectivity index (χ0) is 14.7. The third-order valence-electron chi connectivity index (χ3n) is 4.39. The van der Waals surface area contributed by atoms with Crippen molar-refractivity contribution in [1.29, 1.82) is 0 Å². The highest BCUT2D eigenvalue weighted by atomic mass is 16.5. The largest absolute Gasteiger partial charge is 0.393 e. The van der Waals surface area contributed by atoms with E-state index in [0.717, 1.165) is 31.2 Å². The van der Waals surface area contributed by atoms with E-state index in [1.807, 2.05) is 12.1 Å². The second kappa shape index (κ2) is 6.39. The molecule has 0 radical (unpaired) electrons. The maximum absolute atomic E-state index is 10.0. The molecule has 4 heteroatoms. The second-order valence-corrected chi connectivity index (χ2v) is 5.88. The van der Waals surface area contributed by atoms with Gasteiger partial charge in [0.1, 0.15) is 0 Å². The van der Waals surface area contributed by atoms with Gasteiger partial charge in [-0.15, -0.1) is 0 Å². The minimum atomic E-state index is -0.224. The molecule has 4 nitrogen and oxygen atoms in total. The predicted molar refractivity (Wildman–Crippen MR) is 80.8 cm³/mol. The van der Waals surface area contributed by atoms with Crippen LogP contribution in [-0.4, -0.2) is 21.4 Å². The van der Waals surface area contributed by atoms with Gasteiger partial charge in [-0.1, -0.05) is 49.2 Å². The molecule has 21 heavy (non-hydrogen) atoms. The Hall–Kier alpha value is -1.68. The number of hydrogen-bond acceptors (Lipinski definition) is 4. The summed E-state index contributed by atoms with van der Waals surface area (Å²) in [5, 5.41) is 14.1. The summed E-state index contributed by atoms with van der Waals surface area (Å²) in [4.78, 5) is 4.48. The number of benzene rings is 1. The number of nitrogens with zero attached hydrogens (tertiary/aromatic N) is 2. The molecule has 2 unspecified atom stereocenters. The zero-order valence-corrected chi connectivity index (χ0v) is 12.5. The van der Waals surface area contributed by atoms with Crippen molar-refractivity contribution in [3.8, 4) is 11.4 Å². The van der Waals surface area contributed by atoms with Gasteiger partial charge in [0.2, 0.25) is 11.7 Å². The van der Waals surface area contributed by atoms with Crippen LogP contribution < -0.4 is 0 Å². The van der Waals surface area contributed by atoms with E-state index in [1.165, 1.54) is 12.0 Å². The zero-order valence-electron chi connectivity index (χ0n) is 12.5. The lowest BCUT2D eigenvalue weighted by molar-refractivity contribution is 0.0657. The maximum atomic E-state index is 10.0. The molecule has 1 aliphatic rings. The van der Waals surface area contributed by atoms with Gasteiger partial charge in [0, 0.05) is 12.0 Å². The highest BCUT2D eigenvalue weighted by molar-refractivity contribution is 5.54. The first-order chi connectivity index (χ1) is 10.3. The highest BCUT2D eigenvalue weighted by Gasteiger charge is 2.25. The van der Waals surface area contributed by atoms with Crippen molar-refractivity contribution < 1.29 is 9.63 Å². The number of aliphatic hydroxyl groups is 1. The Balaban J connectivity index is 1.70. The molecule has 1 fully saturated rings.